The van der Waals surface area contributed by atoms with E-state index in [1.165, 1.54) is 16.1 Å². The van der Waals surface area contributed by atoms with Crippen LogP contribution in [0.2, 0.25) is 0 Å². The fourth-order valence-electron chi connectivity index (χ4n) is 3.02. The van der Waals surface area contributed by atoms with E-state index in [2.05, 4.69) is 24.4 Å². The summed E-state index contributed by atoms with van der Waals surface area (Å²) in [6, 6.07) is 15.5. The predicted molar refractivity (Wildman–Crippen MR) is 115 cm³/mol. The molecule has 6 heteroatoms. The highest BCUT2D eigenvalue weighted by Crippen LogP contribution is 2.19. The zero-order valence-corrected chi connectivity index (χ0v) is 17.9. The summed E-state index contributed by atoms with van der Waals surface area (Å²) in [5.41, 5.74) is 4.01. The number of carbonyl (C=O) groups excluding carboxylic acids is 1. The minimum Gasteiger partial charge on any atom is -0.350 e. The molecule has 0 aliphatic carbocycles. The Morgan fingerprint density at radius 3 is 2.21 bits per heavy atom. The van der Waals surface area contributed by atoms with Crippen molar-refractivity contribution in [3.8, 4) is 0 Å². The lowest BCUT2D eigenvalue weighted by molar-refractivity contribution is -0.121. The lowest BCUT2D eigenvalue weighted by Crippen LogP contribution is -2.32. The number of hydrogen-bond acceptors (Lipinski definition) is 3. The Labute approximate surface area is 168 Å². The SMILES string of the molecule is CCc1ccc([C@@H](C)NC(=O)CCCN(c2ccc(C)cc2)S(C)(=O)=O)cc1. The molecule has 0 heterocycles. The summed E-state index contributed by atoms with van der Waals surface area (Å²) in [5, 5.41) is 2.99. The minimum atomic E-state index is -3.40. The molecule has 0 aromatic heterocycles. The first-order chi connectivity index (χ1) is 13.2. The molecule has 0 aliphatic rings. The van der Waals surface area contributed by atoms with E-state index >= 15 is 0 Å². The molecule has 2 rings (SSSR count). The standard InChI is InChI=1S/C22H30N2O3S/c1-5-19-10-12-20(13-11-19)18(3)23-22(25)7-6-16-24(28(4,26)27)21-14-8-17(2)9-15-21/h8-15,18H,5-7,16H2,1-4H3,(H,23,25)/t18-/m1/s1. The van der Waals surface area contributed by atoms with Crippen molar-refractivity contribution in [2.45, 2.75) is 46.1 Å². The van der Waals surface area contributed by atoms with E-state index in [-0.39, 0.29) is 24.9 Å². The van der Waals surface area contributed by atoms with Gasteiger partial charge in [0.2, 0.25) is 15.9 Å². The van der Waals surface area contributed by atoms with Crippen molar-refractivity contribution in [1.82, 2.24) is 5.32 Å². The molecular weight excluding hydrogens is 372 g/mol. The van der Waals surface area contributed by atoms with E-state index in [1.807, 2.05) is 38.1 Å². The number of amides is 1. The number of rotatable bonds is 9. The Balaban J connectivity index is 1.90. The van der Waals surface area contributed by atoms with Crippen LogP contribution in [-0.4, -0.2) is 27.1 Å². The molecule has 0 fully saturated rings. The van der Waals surface area contributed by atoms with Crippen LogP contribution in [0.4, 0.5) is 5.69 Å². The van der Waals surface area contributed by atoms with Gasteiger partial charge in [-0.2, -0.15) is 0 Å². The molecule has 5 nitrogen and oxygen atoms in total. The molecule has 0 saturated heterocycles. The lowest BCUT2D eigenvalue weighted by atomic mass is 10.0. The fraction of sp³-hybridized carbons (Fsp3) is 0.409. The van der Waals surface area contributed by atoms with Gasteiger partial charge >= 0.3 is 0 Å². The molecular formula is C22H30N2O3S. The molecule has 0 radical (unpaired) electrons. The topological polar surface area (TPSA) is 66.5 Å². The Kier molecular flexibility index (Phi) is 7.63. The molecule has 0 spiro atoms. The van der Waals surface area contributed by atoms with Gasteiger partial charge in [-0.25, -0.2) is 8.42 Å². The van der Waals surface area contributed by atoms with E-state index in [0.717, 1.165) is 17.5 Å². The third-order valence-electron chi connectivity index (χ3n) is 4.75. The van der Waals surface area contributed by atoms with Gasteiger partial charge in [-0.05, 0) is 49.9 Å². The molecule has 2 aromatic carbocycles. The van der Waals surface area contributed by atoms with Crippen molar-refractivity contribution < 1.29 is 13.2 Å². The van der Waals surface area contributed by atoms with E-state index in [4.69, 9.17) is 0 Å². The number of hydrogen-bond donors (Lipinski definition) is 1. The Bertz CT molecular complexity index is 875. The van der Waals surface area contributed by atoms with Gasteiger partial charge in [0.25, 0.3) is 0 Å². The summed E-state index contributed by atoms with van der Waals surface area (Å²) < 4.78 is 25.6. The number of sulfonamides is 1. The second-order valence-corrected chi connectivity index (χ2v) is 9.07. The third kappa shape index (κ3) is 6.37. The first-order valence-corrected chi connectivity index (χ1v) is 11.5. The zero-order chi connectivity index (χ0) is 20.7. The molecule has 28 heavy (non-hydrogen) atoms. The van der Waals surface area contributed by atoms with Gasteiger partial charge in [0.15, 0.2) is 0 Å². The van der Waals surface area contributed by atoms with Gasteiger partial charge in [-0.15, -0.1) is 0 Å². The maximum atomic E-state index is 12.3. The highest BCUT2D eigenvalue weighted by atomic mass is 32.2. The van der Waals surface area contributed by atoms with E-state index in [9.17, 15) is 13.2 Å². The van der Waals surface area contributed by atoms with Gasteiger partial charge in [0.1, 0.15) is 0 Å². The molecule has 0 aliphatic heterocycles. The van der Waals surface area contributed by atoms with E-state index in [0.29, 0.717) is 12.1 Å². The van der Waals surface area contributed by atoms with E-state index in [1.54, 1.807) is 12.1 Å². The summed E-state index contributed by atoms with van der Waals surface area (Å²) in [7, 11) is -3.40. The molecule has 2 aromatic rings. The van der Waals surface area contributed by atoms with Gasteiger partial charge in [0, 0.05) is 13.0 Å². The number of anilines is 1. The maximum Gasteiger partial charge on any atom is 0.232 e. The van der Waals surface area contributed by atoms with Crippen molar-refractivity contribution in [3.05, 3.63) is 65.2 Å². The quantitative estimate of drug-likeness (QED) is 0.690. The predicted octanol–water partition coefficient (Wildman–Crippen LogP) is 3.98. The van der Waals surface area contributed by atoms with Crippen molar-refractivity contribution in [2.24, 2.45) is 0 Å². The maximum absolute atomic E-state index is 12.3. The van der Waals surface area contributed by atoms with Gasteiger partial charge in [-0.1, -0.05) is 48.9 Å². The van der Waals surface area contributed by atoms with Crippen LogP contribution in [0.5, 0.6) is 0 Å². The van der Waals surface area contributed by atoms with Crippen LogP contribution in [-0.2, 0) is 21.2 Å². The van der Waals surface area contributed by atoms with Crippen LogP contribution >= 0.6 is 0 Å². The van der Waals surface area contributed by atoms with Gasteiger partial charge < -0.3 is 5.32 Å². The zero-order valence-electron chi connectivity index (χ0n) is 17.1. The highest BCUT2D eigenvalue weighted by molar-refractivity contribution is 7.92. The number of benzene rings is 2. The smallest absolute Gasteiger partial charge is 0.232 e. The summed E-state index contributed by atoms with van der Waals surface area (Å²) in [6.45, 7) is 6.29. The second kappa shape index (κ2) is 9.73. The van der Waals surface area contributed by atoms with Crippen LogP contribution in [0.25, 0.3) is 0 Å². The normalized spacial score (nSPS) is 12.4. The highest BCUT2D eigenvalue weighted by Gasteiger charge is 2.18. The van der Waals surface area contributed by atoms with Crippen LogP contribution in [0, 0.1) is 6.92 Å². The van der Waals surface area contributed by atoms with Crippen LogP contribution in [0.3, 0.4) is 0 Å². The van der Waals surface area contributed by atoms with E-state index < -0.39 is 10.0 Å². The summed E-state index contributed by atoms with van der Waals surface area (Å²) in [5.74, 6) is -0.0792. The van der Waals surface area contributed by atoms with Crippen LogP contribution < -0.4 is 9.62 Å². The molecule has 1 atom stereocenters. The van der Waals surface area contributed by atoms with Crippen molar-refractivity contribution in [1.29, 1.82) is 0 Å². The summed E-state index contributed by atoms with van der Waals surface area (Å²) in [6.07, 6.45) is 2.90. The fourth-order valence-corrected chi connectivity index (χ4v) is 3.99. The Morgan fingerprint density at radius 2 is 1.68 bits per heavy atom. The molecule has 0 saturated carbocycles. The summed E-state index contributed by atoms with van der Waals surface area (Å²) in [4.78, 5) is 12.3. The van der Waals surface area contributed by atoms with Crippen molar-refractivity contribution in [2.75, 3.05) is 17.1 Å². The molecule has 152 valence electrons. The lowest BCUT2D eigenvalue weighted by Gasteiger charge is -2.22. The van der Waals surface area contributed by atoms with Crippen molar-refractivity contribution in [3.63, 3.8) is 0 Å². The Hall–Kier alpha value is -2.34. The Morgan fingerprint density at radius 1 is 1.07 bits per heavy atom. The molecule has 1 N–H and O–H groups in total. The first-order valence-electron chi connectivity index (χ1n) is 9.63. The van der Waals surface area contributed by atoms with Crippen LogP contribution in [0.15, 0.2) is 48.5 Å². The third-order valence-corrected chi connectivity index (χ3v) is 5.95. The number of carbonyl (C=O) groups is 1. The average Bonchev–Trinajstić information content (AvgIpc) is 2.65. The second-order valence-electron chi connectivity index (χ2n) is 7.16. The monoisotopic (exact) mass is 402 g/mol. The molecule has 0 bridgehead atoms. The van der Waals surface area contributed by atoms with Crippen molar-refractivity contribution >= 4 is 21.6 Å². The summed E-state index contributed by atoms with van der Waals surface area (Å²) >= 11 is 0. The van der Waals surface area contributed by atoms with Crippen LogP contribution in [0.1, 0.15) is 49.4 Å². The molecule has 0 unspecified atom stereocenters. The molecule has 1 amide bonds. The number of nitrogens with zero attached hydrogens (tertiary/aromatic N) is 1. The largest absolute Gasteiger partial charge is 0.350 e. The number of nitrogens with one attached hydrogen (secondary N) is 1. The number of aryl methyl sites for hydroxylation is 2. The van der Waals surface area contributed by atoms with Gasteiger partial charge in [-0.3, -0.25) is 9.10 Å². The first kappa shape index (κ1) is 22.0. The minimum absolute atomic E-state index is 0.0792. The van der Waals surface area contributed by atoms with Gasteiger partial charge in [0.05, 0.1) is 18.0 Å². The average molecular weight is 403 g/mol.